The van der Waals surface area contributed by atoms with E-state index in [0.29, 0.717) is 0 Å². The number of alkyl halides is 1. The normalized spacial score (nSPS) is 9.75. The molecular formula is C5H6ClN3O3. The Bertz CT molecular complexity index is 250. The van der Waals surface area contributed by atoms with Gasteiger partial charge in [-0.3, -0.25) is 0 Å². The standard InChI is InChI=1S/C5H6ClN3O3/c6-1-2-12-5-8-3(10)7-4(11)9-5/h1-2H2,(H2,7,8,9,10,11). The Labute approximate surface area is 72.8 Å². The molecule has 0 aliphatic rings. The molecule has 2 N–H and O–H groups in total. The van der Waals surface area contributed by atoms with Crippen LogP contribution in [0.1, 0.15) is 0 Å². The highest BCUT2D eigenvalue weighted by Crippen LogP contribution is 2.11. The summed E-state index contributed by atoms with van der Waals surface area (Å²) in [4.78, 5) is 9.85. The number of aromatic hydroxyl groups is 2. The summed E-state index contributed by atoms with van der Waals surface area (Å²) in [7, 11) is 0. The van der Waals surface area contributed by atoms with Crippen LogP contribution in [-0.4, -0.2) is 37.7 Å². The first-order valence-corrected chi connectivity index (χ1v) is 3.58. The van der Waals surface area contributed by atoms with Crippen molar-refractivity contribution in [2.24, 2.45) is 0 Å². The average Bonchev–Trinajstić information content (AvgIpc) is 1.99. The third-order valence-corrected chi connectivity index (χ3v) is 1.05. The number of ether oxygens (including phenoxy) is 1. The number of halogens is 1. The lowest BCUT2D eigenvalue weighted by atomic mass is 10.8. The molecule has 0 bridgehead atoms. The number of hydrogen-bond donors (Lipinski definition) is 2. The SMILES string of the molecule is Oc1nc(O)nc(OCCCl)n1. The van der Waals surface area contributed by atoms with Gasteiger partial charge in [0.05, 0.1) is 5.88 Å². The van der Waals surface area contributed by atoms with E-state index in [9.17, 15) is 0 Å². The number of aromatic nitrogens is 3. The van der Waals surface area contributed by atoms with E-state index in [-0.39, 0.29) is 18.5 Å². The summed E-state index contributed by atoms with van der Waals surface area (Å²) in [5.41, 5.74) is 0. The van der Waals surface area contributed by atoms with Crippen molar-refractivity contribution in [2.75, 3.05) is 12.5 Å². The molecule has 12 heavy (non-hydrogen) atoms. The molecule has 0 fully saturated rings. The van der Waals surface area contributed by atoms with E-state index >= 15 is 0 Å². The first-order valence-electron chi connectivity index (χ1n) is 3.05. The van der Waals surface area contributed by atoms with E-state index < -0.39 is 12.0 Å². The lowest BCUT2D eigenvalue weighted by Gasteiger charge is -2.00. The quantitative estimate of drug-likeness (QED) is 0.649. The van der Waals surface area contributed by atoms with Crippen molar-refractivity contribution >= 4 is 11.6 Å². The van der Waals surface area contributed by atoms with E-state index in [4.69, 9.17) is 26.6 Å². The molecule has 0 aliphatic heterocycles. The second kappa shape index (κ2) is 3.91. The van der Waals surface area contributed by atoms with Gasteiger partial charge in [-0.1, -0.05) is 0 Å². The molecule has 0 aromatic carbocycles. The van der Waals surface area contributed by atoms with Crippen LogP contribution in [0.25, 0.3) is 0 Å². The Morgan fingerprint density at radius 2 is 1.75 bits per heavy atom. The van der Waals surface area contributed by atoms with Gasteiger partial charge >= 0.3 is 18.0 Å². The summed E-state index contributed by atoms with van der Waals surface area (Å²) < 4.78 is 4.80. The summed E-state index contributed by atoms with van der Waals surface area (Å²) in [6.45, 7) is 0.199. The van der Waals surface area contributed by atoms with E-state index in [1.807, 2.05) is 0 Å². The van der Waals surface area contributed by atoms with Crippen LogP contribution in [0.3, 0.4) is 0 Å². The fourth-order valence-electron chi connectivity index (χ4n) is 0.530. The molecule has 1 aromatic heterocycles. The molecule has 1 rings (SSSR count). The highest BCUT2D eigenvalue weighted by atomic mass is 35.5. The first-order chi connectivity index (χ1) is 5.72. The van der Waals surface area contributed by atoms with Crippen LogP contribution >= 0.6 is 11.6 Å². The molecule has 66 valence electrons. The molecule has 0 aliphatic carbocycles. The lowest BCUT2D eigenvalue weighted by Crippen LogP contribution is -2.02. The predicted molar refractivity (Wildman–Crippen MR) is 39.4 cm³/mol. The van der Waals surface area contributed by atoms with Crippen LogP contribution in [0.2, 0.25) is 0 Å². The summed E-state index contributed by atoms with van der Waals surface area (Å²) in [5.74, 6) is 0.271. The van der Waals surface area contributed by atoms with E-state index in [2.05, 4.69) is 15.0 Å². The van der Waals surface area contributed by atoms with Gasteiger partial charge in [-0.25, -0.2) is 0 Å². The van der Waals surface area contributed by atoms with Gasteiger partial charge in [0.1, 0.15) is 6.61 Å². The van der Waals surface area contributed by atoms with Crippen LogP contribution in [0.5, 0.6) is 18.0 Å². The van der Waals surface area contributed by atoms with Crippen LogP contribution in [0.15, 0.2) is 0 Å². The largest absolute Gasteiger partial charge is 0.479 e. The third kappa shape index (κ3) is 2.39. The zero-order chi connectivity index (χ0) is 8.97. The lowest BCUT2D eigenvalue weighted by molar-refractivity contribution is 0.290. The Morgan fingerprint density at radius 3 is 2.25 bits per heavy atom. The number of hydrogen-bond acceptors (Lipinski definition) is 6. The Hall–Kier alpha value is -1.30. The fraction of sp³-hybridized carbons (Fsp3) is 0.400. The first kappa shape index (κ1) is 8.79. The van der Waals surface area contributed by atoms with Crippen LogP contribution in [0, 0.1) is 0 Å². The van der Waals surface area contributed by atoms with E-state index in [0.717, 1.165) is 0 Å². The second-order valence-electron chi connectivity index (χ2n) is 1.76. The summed E-state index contributed by atoms with van der Waals surface area (Å²) in [6.07, 6.45) is 0. The highest BCUT2D eigenvalue weighted by molar-refractivity contribution is 6.17. The molecule has 7 heteroatoms. The zero-order valence-corrected chi connectivity index (χ0v) is 6.69. The van der Waals surface area contributed by atoms with Crippen molar-refractivity contribution in [3.63, 3.8) is 0 Å². The highest BCUT2D eigenvalue weighted by Gasteiger charge is 2.03. The maximum Gasteiger partial charge on any atom is 0.325 e. The van der Waals surface area contributed by atoms with Crippen molar-refractivity contribution in [1.29, 1.82) is 0 Å². The average molecular weight is 192 g/mol. The van der Waals surface area contributed by atoms with Gasteiger partial charge in [0.2, 0.25) is 0 Å². The smallest absolute Gasteiger partial charge is 0.325 e. The molecule has 0 saturated heterocycles. The molecule has 1 aromatic rings. The molecule has 0 unspecified atom stereocenters. The minimum absolute atomic E-state index is 0.152. The van der Waals surface area contributed by atoms with E-state index in [1.54, 1.807) is 0 Å². The van der Waals surface area contributed by atoms with Gasteiger partial charge in [-0.2, -0.15) is 0 Å². The topological polar surface area (TPSA) is 88.4 Å². The maximum atomic E-state index is 8.76. The molecule has 0 saturated carbocycles. The van der Waals surface area contributed by atoms with Gasteiger partial charge in [0.15, 0.2) is 0 Å². The Kier molecular flexibility index (Phi) is 2.87. The van der Waals surface area contributed by atoms with Crippen LogP contribution < -0.4 is 4.74 Å². The molecule has 0 radical (unpaired) electrons. The monoisotopic (exact) mass is 191 g/mol. The van der Waals surface area contributed by atoms with Crippen molar-refractivity contribution < 1.29 is 14.9 Å². The van der Waals surface area contributed by atoms with Gasteiger partial charge in [-0.05, 0) is 0 Å². The van der Waals surface area contributed by atoms with Gasteiger partial charge < -0.3 is 14.9 Å². The van der Waals surface area contributed by atoms with Gasteiger partial charge in [-0.15, -0.1) is 26.6 Å². The summed E-state index contributed by atoms with van der Waals surface area (Å²) >= 11 is 5.31. The molecule has 1 heterocycles. The van der Waals surface area contributed by atoms with Crippen molar-refractivity contribution in [3.8, 4) is 18.0 Å². The summed E-state index contributed by atoms with van der Waals surface area (Å²) in [5, 5.41) is 17.5. The zero-order valence-electron chi connectivity index (χ0n) is 5.94. The predicted octanol–water partition coefficient (Wildman–Crippen LogP) is -0.0996. The van der Waals surface area contributed by atoms with Crippen LogP contribution in [-0.2, 0) is 0 Å². The third-order valence-electron chi connectivity index (χ3n) is 0.900. The number of nitrogens with zero attached hydrogens (tertiary/aromatic N) is 3. The Morgan fingerprint density at radius 1 is 1.17 bits per heavy atom. The van der Waals surface area contributed by atoms with Gasteiger partial charge in [0, 0.05) is 0 Å². The minimum atomic E-state index is -0.591. The Balaban J connectivity index is 2.72. The molecule has 6 nitrogen and oxygen atoms in total. The minimum Gasteiger partial charge on any atom is -0.479 e. The fourth-order valence-corrected chi connectivity index (χ4v) is 0.607. The maximum absolute atomic E-state index is 8.76. The van der Waals surface area contributed by atoms with Crippen LogP contribution in [0.4, 0.5) is 0 Å². The second-order valence-corrected chi connectivity index (χ2v) is 2.13. The molecule has 0 amide bonds. The van der Waals surface area contributed by atoms with Crippen molar-refractivity contribution in [1.82, 2.24) is 15.0 Å². The number of rotatable bonds is 3. The molecule has 0 atom stereocenters. The summed E-state index contributed by atoms with van der Waals surface area (Å²) in [6, 6.07) is -1.33. The van der Waals surface area contributed by atoms with E-state index in [1.165, 1.54) is 0 Å². The van der Waals surface area contributed by atoms with Crippen molar-refractivity contribution in [2.45, 2.75) is 0 Å². The van der Waals surface area contributed by atoms with Gasteiger partial charge in [0.25, 0.3) is 0 Å². The molecular weight excluding hydrogens is 186 g/mol. The molecule has 0 spiro atoms. The van der Waals surface area contributed by atoms with Crippen molar-refractivity contribution in [3.05, 3.63) is 0 Å².